The van der Waals surface area contributed by atoms with E-state index in [1.165, 1.54) is 0 Å². The lowest BCUT2D eigenvalue weighted by atomic mass is 10.0. The molecule has 0 bridgehead atoms. The van der Waals surface area contributed by atoms with Gasteiger partial charge in [-0.1, -0.05) is 6.07 Å². The summed E-state index contributed by atoms with van der Waals surface area (Å²) in [6, 6.07) is 5.85. The van der Waals surface area contributed by atoms with E-state index >= 15 is 0 Å². The van der Waals surface area contributed by atoms with Crippen molar-refractivity contribution < 1.29 is 0 Å². The molecule has 1 atom stereocenters. The van der Waals surface area contributed by atoms with E-state index in [2.05, 4.69) is 10.1 Å². The third-order valence-corrected chi connectivity index (χ3v) is 3.09. The van der Waals surface area contributed by atoms with Crippen LogP contribution in [0.5, 0.6) is 0 Å². The Hall–Kier alpha value is -1.68. The van der Waals surface area contributed by atoms with Crippen LogP contribution in [0, 0.1) is 13.8 Å². The van der Waals surface area contributed by atoms with Gasteiger partial charge < -0.3 is 5.73 Å². The van der Waals surface area contributed by atoms with Crippen LogP contribution in [-0.4, -0.2) is 14.8 Å². The van der Waals surface area contributed by atoms with Gasteiger partial charge in [-0.3, -0.25) is 9.67 Å². The summed E-state index contributed by atoms with van der Waals surface area (Å²) in [6.45, 7) is 4.05. The lowest BCUT2D eigenvalue weighted by Gasteiger charge is -2.12. The van der Waals surface area contributed by atoms with E-state index in [1.54, 1.807) is 6.20 Å². The second-order valence-electron chi connectivity index (χ2n) is 4.34. The van der Waals surface area contributed by atoms with Crippen LogP contribution in [0.15, 0.2) is 24.4 Å². The van der Waals surface area contributed by atoms with Crippen LogP contribution in [0.4, 0.5) is 0 Å². The lowest BCUT2D eigenvalue weighted by Crippen LogP contribution is -2.16. The monoisotopic (exact) mass is 230 g/mol. The maximum atomic E-state index is 6.25. The summed E-state index contributed by atoms with van der Waals surface area (Å²) in [5, 5.41) is 4.39. The smallest absolute Gasteiger partial charge is 0.0644 e. The molecule has 90 valence electrons. The van der Waals surface area contributed by atoms with Crippen LogP contribution in [0.1, 0.15) is 28.7 Å². The minimum atomic E-state index is -0.0430. The minimum absolute atomic E-state index is 0.0430. The molecule has 2 aromatic heterocycles. The summed E-state index contributed by atoms with van der Waals surface area (Å²) in [5.74, 6) is 0. The van der Waals surface area contributed by atoms with Crippen molar-refractivity contribution in [2.24, 2.45) is 12.8 Å². The number of pyridine rings is 1. The fraction of sp³-hybridized carbons (Fsp3) is 0.385. The molecule has 0 aliphatic rings. The molecule has 4 heteroatoms. The van der Waals surface area contributed by atoms with Crippen molar-refractivity contribution in [3.05, 3.63) is 47.0 Å². The van der Waals surface area contributed by atoms with E-state index in [-0.39, 0.29) is 6.04 Å². The third-order valence-electron chi connectivity index (χ3n) is 3.09. The van der Waals surface area contributed by atoms with Crippen molar-refractivity contribution in [3.8, 4) is 0 Å². The van der Waals surface area contributed by atoms with Gasteiger partial charge in [0.25, 0.3) is 0 Å². The first-order chi connectivity index (χ1) is 8.09. The van der Waals surface area contributed by atoms with Crippen molar-refractivity contribution in [1.29, 1.82) is 0 Å². The number of hydrogen-bond acceptors (Lipinski definition) is 3. The Morgan fingerprint density at radius 3 is 2.65 bits per heavy atom. The molecule has 0 aliphatic heterocycles. The molecule has 0 fully saturated rings. The number of aryl methyl sites for hydroxylation is 2. The van der Waals surface area contributed by atoms with Gasteiger partial charge in [0.15, 0.2) is 0 Å². The summed E-state index contributed by atoms with van der Waals surface area (Å²) in [6.07, 6.45) is 2.54. The Labute approximate surface area is 101 Å². The van der Waals surface area contributed by atoms with Gasteiger partial charge in [0.2, 0.25) is 0 Å². The predicted octanol–water partition coefficient (Wildman–Crippen LogP) is 1.67. The number of nitrogens with two attached hydrogens (primary N) is 1. The van der Waals surface area contributed by atoms with Crippen molar-refractivity contribution in [2.45, 2.75) is 26.3 Å². The summed E-state index contributed by atoms with van der Waals surface area (Å²) >= 11 is 0. The Balaban J connectivity index is 2.23. The molecule has 1 unspecified atom stereocenters. The number of aromatic nitrogens is 3. The molecule has 2 heterocycles. The van der Waals surface area contributed by atoms with Crippen LogP contribution in [0.2, 0.25) is 0 Å². The summed E-state index contributed by atoms with van der Waals surface area (Å²) in [4.78, 5) is 4.30. The highest BCUT2D eigenvalue weighted by Crippen LogP contribution is 2.21. The zero-order chi connectivity index (χ0) is 12.4. The topological polar surface area (TPSA) is 56.7 Å². The van der Waals surface area contributed by atoms with E-state index in [4.69, 9.17) is 5.73 Å². The second-order valence-corrected chi connectivity index (χ2v) is 4.34. The van der Waals surface area contributed by atoms with Gasteiger partial charge in [-0.25, -0.2) is 0 Å². The van der Waals surface area contributed by atoms with Crippen molar-refractivity contribution >= 4 is 0 Å². The minimum Gasteiger partial charge on any atom is -0.324 e. The largest absolute Gasteiger partial charge is 0.324 e. The molecule has 2 rings (SSSR count). The molecule has 0 spiro atoms. The average Bonchev–Trinajstić information content (AvgIpc) is 2.54. The first-order valence-electron chi connectivity index (χ1n) is 5.75. The standard InChI is InChI=1S/C13H18N4/c1-9-13(10(2)17(3)16-9)12(14)8-11-6-4-5-7-15-11/h4-7,12H,8,14H2,1-3H3. The molecular weight excluding hydrogens is 212 g/mol. The Bertz CT molecular complexity index is 502. The van der Waals surface area contributed by atoms with Gasteiger partial charge in [-0.15, -0.1) is 0 Å². The molecule has 2 aromatic rings. The number of nitrogens with zero attached hydrogens (tertiary/aromatic N) is 3. The fourth-order valence-electron chi connectivity index (χ4n) is 2.17. The zero-order valence-electron chi connectivity index (χ0n) is 10.5. The first-order valence-corrected chi connectivity index (χ1v) is 5.75. The van der Waals surface area contributed by atoms with Crippen molar-refractivity contribution in [2.75, 3.05) is 0 Å². The van der Waals surface area contributed by atoms with Crippen molar-refractivity contribution in [1.82, 2.24) is 14.8 Å². The van der Waals surface area contributed by atoms with Gasteiger partial charge >= 0.3 is 0 Å². The van der Waals surface area contributed by atoms with Gasteiger partial charge in [-0.2, -0.15) is 5.10 Å². The predicted molar refractivity (Wildman–Crippen MR) is 67.6 cm³/mol. The molecule has 0 aromatic carbocycles. The first kappa shape index (κ1) is 11.8. The molecule has 0 radical (unpaired) electrons. The zero-order valence-corrected chi connectivity index (χ0v) is 10.5. The number of hydrogen-bond donors (Lipinski definition) is 1. The molecule has 0 saturated carbocycles. The SMILES string of the molecule is Cc1nn(C)c(C)c1C(N)Cc1ccccn1. The van der Waals surface area contributed by atoms with Gasteiger partial charge in [0.1, 0.15) is 0 Å². The molecular formula is C13H18N4. The maximum absolute atomic E-state index is 6.25. The second kappa shape index (κ2) is 4.67. The van der Waals surface area contributed by atoms with Gasteiger partial charge in [0, 0.05) is 42.7 Å². The molecule has 0 amide bonds. The van der Waals surface area contributed by atoms with E-state index in [9.17, 15) is 0 Å². The molecule has 17 heavy (non-hydrogen) atoms. The molecule has 0 aliphatic carbocycles. The van der Waals surface area contributed by atoms with Crippen LogP contribution in [0.3, 0.4) is 0 Å². The Morgan fingerprint density at radius 2 is 2.12 bits per heavy atom. The average molecular weight is 230 g/mol. The highest BCUT2D eigenvalue weighted by atomic mass is 15.3. The van der Waals surface area contributed by atoms with E-state index in [0.717, 1.165) is 29.1 Å². The van der Waals surface area contributed by atoms with Crippen LogP contribution in [0.25, 0.3) is 0 Å². The van der Waals surface area contributed by atoms with E-state index < -0.39 is 0 Å². The normalized spacial score (nSPS) is 12.7. The van der Waals surface area contributed by atoms with Crippen molar-refractivity contribution in [3.63, 3.8) is 0 Å². The van der Waals surface area contributed by atoms with E-state index in [0.29, 0.717) is 0 Å². The van der Waals surface area contributed by atoms with Gasteiger partial charge in [-0.05, 0) is 26.0 Å². The molecule has 4 nitrogen and oxygen atoms in total. The van der Waals surface area contributed by atoms with Crippen LogP contribution >= 0.6 is 0 Å². The summed E-state index contributed by atoms with van der Waals surface area (Å²) < 4.78 is 1.88. The Kier molecular flexibility index (Phi) is 3.24. The van der Waals surface area contributed by atoms with Gasteiger partial charge in [0.05, 0.1) is 5.69 Å². The Morgan fingerprint density at radius 1 is 1.35 bits per heavy atom. The fourth-order valence-corrected chi connectivity index (χ4v) is 2.17. The van der Waals surface area contributed by atoms with Crippen LogP contribution in [-0.2, 0) is 13.5 Å². The quantitative estimate of drug-likeness (QED) is 0.872. The van der Waals surface area contributed by atoms with E-state index in [1.807, 2.05) is 43.8 Å². The third kappa shape index (κ3) is 2.36. The molecule has 2 N–H and O–H groups in total. The van der Waals surface area contributed by atoms with Crippen LogP contribution < -0.4 is 5.73 Å². The summed E-state index contributed by atoms with van der Waals surface area (Å²) in [5.41, 5.74) is 10.5. The number of rotatable bonds is 3. The molecule has 0 saturated heterocycles. The highest BCUT2D eigenvalue weighted by Gasteiger charge is 2.17. The highest BCUT2D eigenvalue weighted by molar-refractivity contribution is 5.29. The maximum Gasteiger partial charge on any atom is 0.0644 e. The lowest BCUT2D eigenvalue weighted by molar-refractivity contribution is 0.689. The summed E-state index contributed by atoms with van der Waals surface area (Å²) in [7, 11) is 1.94.